The van der Waals surface area contributed by atoms with E-state index in [4.69, 9.17) is 4.74 Å². The van der Waals surface area contributed by atoms with Gasteiger partial charge in [0.25, 0.3) is 0 Å². The number of allylic oxidation sites excluding steroid dienone is 3. The molecule has 0 bridgehead atoms. The topological polar surface area (TPSA) is 55.4 Å². The average molecular weight is 447 g/mol. The van der Waals surface area contributed by atoms with Gasteiger partial charge < -0.3 is 10.1 Å². The van der Waals surface area contributed by atoms with Gasteiger partial charge in [-0.05, 0) is 56.1 Å². The summed E-state index contributed by atoms with van der Waals surface area (Å²) in [4.78, 5) is 26.5. The first-order valence-corrected chi connectivity index (χ1v) is 11.1. The smallest absolute Gasteiger partial charge is 0.416 e. The van der Waals surface area contributed by atoms with Crippen LogP contribution < -0.4 is 5.32 Å². The van der Waals surface area contributed by atoms with Crippen molar-refractivity contribution in [2.45, 2.75) is 77.5 Å². The summed E-state index contributed by atoms with van der Waals surface area (Å²) in [5, 5.41) is 3.17. The Morgan fingerprint density at radius 2 is 1.78 bits per heavy atom. The predicted molar refractivity (Wildman–Crippen MR) is 113 cm³/mol. The van der Waals surface area contributed by atoms with Crippen molar-refractivity contribution < 1.29 is 27.5 Å². The van der Waals surface area contributed by atoms with Crippen LogP contribution in [0, 0.1) is 5.41 Å². The van der Waals surface area contributed by atoms with Crippen LogP contribution in [0.5, 0.6) is 0 Å². The van der Waals surface area contributed by atoms with Gasteiger partial charge in [0.05, 0.1) is 11.1 Å². The standard InChI is InChI=1S/C25H28F3NO3/c1-14-20(23(31)32-15-8-4-5-9-15)21(16-10-6-7-11-17(16)25(26,27)28)22-18(29-14)12-24(2,3)13-19(22)30/h6-7,10-11,15,21,29H,4-5,8-9,12-13H2,1-3H3/t21-/m1/s1. The Morgan fingerprint density at radius 1 is 1.12 bits per heavy atom. The monoisotopic (exact) mass is 447 g/mol. The van der Waals surface area contributed by atoms with Crippen molar-refractivity contribution >= 4 is 11.8 Å². The largest absolute Gasteiger partial charge is 0.459 e. The third-order valence-corrected chi connectivity index (χ3v) is 6.61. The molecule has 1 aliphatic heterocycles. The fourth-order valence-corrected chi connectivity index (χ4v) is 5.25. The number of halogens is 3. The van der Waals surface area contributed by atoms with Crippen LogP contribution in [0.1, 0.15) is 76.3 Å². The van der Waals surface area contributed by atoms with Gasteiger partial charge in [0.15, 0.2) is 5.78 Å². The Morgan fingerprint density at radius 3 is 2.44 bits per heavy atom. The summed E-state index contributed by atoms with van der Waals surface area (Å²) in [6.45, 7) is 5.58. The van der Waals surface area contributed by atoms with E-state index in [9.17, 15) is 22.8 Å². The summed E-state index contributed by atoms with van der Waals surface area (Å²) in [6.07, 6.45) is -0.726. The molecule has 0 amide bonds. The second-order valence-electron chi connectivity index (χ2n) is 9.83. The van der Waals surface area contributed by atoms with E-state index in [0.29, 0.717) is 17.8 Å². The van der Waals surface area contributed by atoms with Gasteiger partial charge >= 0.3 is 12.1 Å². The van der Waals surface area contributed by atoms with Crippen molar-refractivity contribution in [1.29, 1.82) is 0 Å². The quantitative estimate of drug-likeness (QED) is 0.596. The molecule has 172 valence electrons. The molecule has 3 aliphatic rings. The molecule has 1 aromatic carbocycles. The van der Waals surface area contributed by atoms with E-state index < -0.39 is 23.6 Å². The molecule has 4 nitrogen and oxygen atoms in total. The number of benzene rings is 1. The highest BCUT2D eigenvalue weighted by molar-refractivity contribution is 6.04. The van der Waals surface area contributed by atoms with Gasteiger partial charge in [0.2, 0.25) is 0 Å². The number of Topliss-reactive ketones (excluding diaryl/α,β-unsaturated/α-hetero) is 1. The van der Waals surface area contributed by atoms with E-state index in [1.807, 2.05) is 13.8 Å². The van der Waals surface area contributed by atoms with Crippen LogP contribution >= 0.6 is 0 Å². The number of nitrogens with one attached hydrogen (secondary N) is 1. The second kappa shape index (κ2) is 8.09. The lowest BCUT2D eigenvalue weighted by molar-refractivity contribution is -0.145. The van der Waals surface area contributed by atoms with Crippen molar-refractivity contribution in [1.82, 2.24) is 5.32 Å². The maximum Gasteiger partial charge on any atom is 0.416 e. The molecule has 0 saturated heterocycles. The summed E-state index contributed by atoms with van der Waals surface area (Å²) in [5.74, 6) is -1.99. The zero-order valence-corrected chi connectivity index (χ0v) is 18.6. The molecule has 1 fully saturated rings. The third-order valence-electron chi connectivity index (χ3n) is 6.61. The maximum absolute atomic E-state index is 14.0. The minimum Gasteiger partial charge on any atom is -0.459 e. The zero-order valence-electron chi connectivity index (χ0n) is 18.6. The summed E-state index contributed by atoms with van der Waals surface area (Å²) >= 11 is 0. The van der Waals surface area contributed by atoms with Crippen LogP contribution in [0.25, 0.3) is 0 Å². The molecule has 32 heavy (non-hydrogen) atoms. The van der Waals surface area contributed by atoms with Gasteiger partial charge in [0.1, 0.15) is 6.10 Å². The van der Waals surface area contributed by atoms with Crippen LogP contribution in [-0.4, -0.2) is 17.9 Å². The predicted octanol–water partition coefficient (Wildman–Crippen LogP) is 5.80. The molecule has 0 spiro atoms. The van der Waals surface area contributed by atoms with Crippen LogP contribution in [0.4, 0.5) is 13.2 Å². The van der Waals surface area contributed by atoms with Crippen molar-refractivity contribution in [3.63, 3.8) is 0 Å². The maximum atomic E-state index is 14.0. The Balaban J connectivity index is 1.87. The number of dihydropyridines is 1. The molecule has 1 heterocycles. The number of ketones is 1. The van der Waals surface area contributed by atoms with Gasteiger partial charge in [-0.15, -0.1) is 0 Å². The van der Waals surface area contributed by atoms with Gasteiger partial charge in [-0.25, -0.2) is 4.79 Å². The van der Waals surface area contributed by atoms with Gasteiger partial charge in [0, 0.05) is 29.3 Å². The van der Waals surface area contributed by atoms with Crippen LogP contribution in [-0.2, 0) is 20.5 Å². The lowest BCUT2D eigenvalue weighted by Gasteiger charge is -2.40. The van der Waals surface area contributed by atoms with Crippen LogP contribution in [0.15, 0.2) is 46.8 Å². The molecule has 2 aliphatic carbocycles. The normalized spacial score (nSPS) is 23.8. The number of rotatable bonds is 3. The molecular weight excluding hydrogens is 419 g/mol. The third kappa shape index (κ3) is 4.21. The summed E-state index contributed by atoms with van der Waals surface area (Å²) in [7, 11) is 0. The van der Waals surface area contributed by atoms with Gasteiger partial charge in [-0.2, -0.15) is 13.2 Å². The van der Waals surface area contributed by atoms with Crippen LogP contribution in [0.3, 0.4) is 0 Å². The number of carbonyl (C=O) groups is 2. The molecule has 0 radical (unpaired) electrons. The SMILES string of the molecule is CC1=C(C(=O)OC2CCCC2)[C@@H](c2ccccc2C(F)(F)F)C2=C(CC(C)(C)CC2=O)N1. The van der Waals surface area contributed by atoms with Crippen molar-refractivity contribution in [2.24, 2.45) is 5.41 Å². The lowest BCUT2D eigenvalue weighted by atomic mass is 9.68. The number of hydrogen-bond donors (Lipinski definition) is 1. The fraction of sp³-hybridized carbons (Fsp3) is 0.520. The molecule has 1 aromatic rings. The van der Waals surface area contributed by atoms with Crippen molar-refractivity contribution in [3.05, 3.63) is 57.9 Å². The highest BCUT2D eigenvalue weighted by Crippen LogP contribution is 2.49. The van der Waals surface area contributed by atoms with Gasteiger partial charge in [-0.3, -0.25) is 4.79 Å². The number of ether oxygens (including phenoxy) is 1. The van der Waals surface area contributed by atoms with E-state index in [-0.39, 0.29) is 40.4 Å². The van der Waals surface area contributed by atoms with E-state index in [1.54, 1.807) is 6.92 Å². The first-order chi connectivity index (χ1) is 15.0. The lowest BCUT2D eigenvalue weighted by Crippen LogP contribution is -2.39. The van der Waals surface area contributed by atoms with E-state index in [2.05, 4.69) is 5.32 Å². The number of esters is 1. The van der Waals surface area contributed by atoms with E-state index >= 15 is 0 Å². The molecule has 7 heteroatoms. The summed E-state index contributed by atoms with van der Waals surface area (Å²) < 4.78 is 47.6. The minimum atomic E-state index is -4.62. The first-order valence-electron chi connectivity index (χ1n) is 11.1. The molecule has 0 unspecified atom stereocenters. The molecule has 0 aromatic heterocycles. The molecule has 4 rings (SSSR count). The van der Waals surface area contributed by atoms with Crippen molar-refractivity contribution in [3.8, 4) is 0 Å². The van der Waals surface area contributed by atoms with Crippen LogP contribution in [0.2, 0.25) is 0 Å². The zero-order chi connectivity index (χ0) is 23.3. The fourth-order valence-electron chi connectivity index (χ4n) is 5.25. The Labute approximate surface area is 185 Å². The Kier molecular flexibility index (Phi) is 5.72. The average Bonchev–Trinajstić information content (AvgIpc) is 3.18. The highest BCUT2D eigenvalue weighted by atomic mass is 19.4. The molecular formula is C25H28F3NO3. The Hall–Kier alpha value is -2.57. The van der Waals surface area contributed by atoms with Crippen molar-refractivity contribution in [2.75, 3.05) is 0 Å². The minimum absolute atomic E-state index is 0.0835. The second-order valence-corrected chi connectivity index (χ2v) is 9.83. The highest BCUT2D eigenvalue weighted by Gasteiger charge is 2.46. The first kappa shape index (κ1) is 22.6. The molecule has 1 atom stereocenters. The summed E-state index contributed by atoms with van der Waals surface area (Å²) in [5.41, 5.74) is 0.155. The summed E-state index contributed by atoms with van der Waals surface area (Å²) in [6, 6.07) is 5.21. The number of carbonyl (C=O) groups excluding carboxylic acids is 2. The Bertz CT molecular complexity index is 1010. The van der Waals surface area contributed by atoms with E-state index in [0.717, 1.165) is 31.7 Å². The molecule has 1 N–H and O–H groups in total. The van der Waals surface area contributed by atoms with E-state index in [1.165, 1.54) is 18.2 Å². The molecule has 1 saturated carbocycles. The van der Waals surface area contributed by atoms with Gasteiger partial charge in [-0.1, -0.05) is 32.0 Å². The number of hydrogen-bond acceptors (Lipinski definition) is 4. The number of alkyl halides is 3.